The number of carbonyl (C=O) groups excluding carboxylic acids is 3. The van der Waals surface area contributed by atoms with E-state index >= 15 is 0 Å². The Morgan fingerprint density at radius 2 is 2.08 bits per heavy atom. The van der Waals surface area contributed by atoms with Crippen molar-refractivity contribution in [2.24, 2.45) is 5.92 Å². The topological polar surface area (TPSA) is 94.9 Å². The van der Waals surface area contributed by atoms with E-state index in [1.54, 1.807) is 31.1 Å². The Bertz CT molecular complexity index is 611. The van der Waals surface area contributed by atoms with Crippen LogP contribution < -0.4 is 10.6 Å². The highest BCUT2D eigenvalue weighted by Gasteiger charge is 2.29. The molecular weight excluding hydrogens is 312 g/mol. The van der Waals surface area contributed by atoms with Crippen LogP contribution in [-0.2, 0) is 11.3 Å². The number of nitrogens with one attached hydrogen (secondary N) is 2. The average molecular weight is 336 g/mol. The first-order chi connectivity index (χ1) is 11.4. The van der Waals surface area contributed by atoms with E-state index in [2.05, 4.69) is 10.6 Å². The Morgan fingerprint density at radius 3 is 2.75 bits per heavy atom. The molecule has 0 aliphatic carbocycles. The molecule has 4 amide bonds. The molecule has 1 saturated heterocycles. The van der Waals surface area contributed by atoms with Crippen LogP contribution in [0.15, 0.2) is 16.5 Å². The van der Waals surface area contributed by atoms with Crippen LogP contribution in [-0.4, -0.2) is 61.9 Å². The number of nitrogens with zero attached hydrogens (tertiary/aromatic N) is 2. The van der Waals surface area contributed by atoms with Crippen molar-refractivity contribution < 1.29 is 18.8 Å². The van der Waals surface area contributed by atoms with Gasteiger partial charge in [-0.2, -0.15) is 0 Å². The number of hydrogen-bond acceptors (Lipinski definition) is 4. The summed E-state index contributed by atoms with van der Waals surface area (Å²) in [6, 6.07) is 3.15. The van der Waals surface area contributed by atoms with E-state index in [9.17, 15) is 14.4 Å². The second-order valence-corrected chi connectivity index (χ2v) is 6.03. The summed E-state index contributed by atoms with van der Waals surface area (Å²) < 4.78 is 5.37. The molecule has 1 aliphatic heterocycles. The molecule has 8 nitrogen and oxygen atoms in total. The third-order valence-corrected chi connectivity index (χ3v) is 3.99. The predicted octanol–water partition coefficient (Wildman–Crippen LogP) is 0.649. The largest absolute Gasteiger partial charge is 0.454 e. The number of rotatable bonds is 4. The fourth-order valence-corrected chi connectivity index (χ4v) is 2.68. The summed E-state index contributed by atoms with van der Waals surface area (Å²) in [6.45, 7) is 1.31. The molecular formula is C16H24N4O4. The molecule has 1 aliphatic rings. The molecule has 2 N–H and O–H groups in total. The maximum Gasteiger partial charge on any atom is 0.319 e. The Labute approximate surface area is 141 Å². The molecule has 0 bridgehead atoms. The van der Waals surface area contributed by atoms with E-state index in [0.717, 1.165) is 12.8 Å². The van der Waals surface area contributed by atoms with Crippen LogP contribution in [0.4, 0.5) is 4.79 Å². The zero-order valence-electron chi connectivity index (χ0n) is 14.3. The summed E-state index contributed by atoms with van der Waals surface area (Å²) in [4.78, 5) is 39.0. The Balaban J connectivity index is 1.87. The van der Waals surface area contributed by atoms with E-state index in [1.165, 1.54) is 11.9 Å². The molecule has 0 unspecified atom stereocenters. The average Bonchev–Trinajstić information content (AvgIpc) is 3.07. The Morgan fingerprint density at radius 1 is 1.33 bits per heavy atom. The van der Waals surface area contributed by atoms with Gasteiger partial charge in [0.1, 0.15) is 5.76 Å². The van der Waals surface area contributed by atoms with Gasteiger partial charge in [-0.3, -0.25) is 9.59 Å². The predicted molar refractivity (Wildman–Crippen MR) is 87.3 cm³/mol. The third-order valence-electron chi connectivity index (χ3n) is 3.99. The highest BCUT2D eigenvalue weighted by molar-refractivity contribution is 5.91. The van der Waals surface area contributed by atoms with Crippen molar-refractivity contribution in [2.75, 3.05) is 34.2 Å². The number of piperidine rings is 1. The normalized spacial score (nSPS) is 17.3. The first-order valence-corrected chi connectivity index (χ1v) is 7.97. The molecule has 1 aromatic rings. The van der Waals surface area contributed by atoms with Gasteiger partial charge in [0.05, 0.1) is 12.5 Å². The quantitative estimate of drug-likeness (QED) is 0.844. The molecule has 1 aromatic heterocycles. The highest BCUT2D eigenvalue weighted by atomic mass is 16.4. The number of hydrogen-bond donors (Lipinski definition) is 2. The summed E-state index contributed by atoms with van der Waals surface area (Å²) in [7, 11) is 4.93. The zero-order valence-corrected chi connectivity index (χ0v) is 14.3. The lowest BCUT2D eigenvalue weighted by atomic mass is 9.97. The Hall–Kier alpha value is -2.51. The number of amides is 4. The minimum Gasteiger partial charge on any atom is -0.454 e. The first-order valence-electron chi connectivity index (χ1n) is 7.97. The monoisotopic (exact) mass is 336 g/mol. The van der Waals surface area contributed by atoms with Crippen LogP contribution in [0.1, 0.15) is 29.2 Å². The fraction of sp³-hybridized carbons (Fsp3) is 0.562. The molecule has 8 heteroatoms. The van der Waals surface area contributed by atoms with E-state index < -0.39 is 0 Å². The molecule has 0 radical (unpaired) electrons. The van der Waals surface area contributed by atoms with Gasteiger partial charge >= 0.3 is 6.03 Å². The van der Waals surface area contributed by atoms with Crippen LogP contribution in [0.2, 0.25) is 0 Å². The maximum atomic E-state index is 12.3. The Kier molecular flexibility index (Phi) is 5.83. The van der Waals surface area contributed by atoms with Crippen molar-refractivity contribution in [1.82, 2.24) is 20.4 Å². The van der Waals surface area contributed by atoms with Crippen molar-refractivity contribution in [2.45, 2.75) is 19.4 Å². The van der Waals surface area contributed by atoms with Crippen molar-refractivity contribution in [3.8, 4) is 0 Å². The lowest BCUT2D eigenvalue weighted by Crippen LogP contribution is -2.48. The number of carbonyl (C=O) groups is 3. The number of likely N-dealkylation sites (tertiary alicyclic amines) is 1. The summed E-state index contributed by atoms with van der Waals surface area (Å²) in [5, 5.41) is 5.29. The molecule has 0 aromatic carbocycles. The van der Waals surface area contributed by atoms with Gasteiger partial charge in [-0.15, -0.1) is 0 Å². The molecule has 0 spiro atoms. The fourth-order valence-electron chi connectivity index (χ4n) is 2.68. The van der Waals surface area contributed by atoms with Crippen LogP contribution in [0, 0.1) is 5.92 Å². The number of urea groups is 1. The van der Waals surface area contributed by atoms with Crippen LogP contribution in [0.25, 0.3) is 0 Å². The smallest absolute Gasteiger partial charge is 0.319 e. The van der Waals surface area contributed by atoms with Gasteiger partial charge in [-0.1, -0.05) is 0 Å². The molecule has 1 atom stereocenters. The van der Waals surface area contributed by atoms with Gasteiger partial charge in [0.25, 0.3) is 5.91 Å². The standard InChI is InChI=1S/C16H24N4O4/c1-17-15(22)13-7-6-12(24-13)9-18-14(21)11-5-4-8-20(10-11)16(23)19(2)3/h6-7,11H,4-5,8-10H2,1-3H3,(H,17,22)(H,18,21)/t11-/m1/s1. The van der Waals surface area contributed by atoms with Crippen LogP contribution in [0.5, 0.6) is 0 Å². The second-order valence-electron chi connectivity index (χ2n) is 6.03. The summed E-state index contributed by atoms with van der Waals surface area (Å²) in [5.41, 5.74) is 0. The van der Waals surface area contributed by atoms with Crippen LogP contribution in [0.3, 0.4) is 0 Å². The highest BCUT2D eigenvalue weighted by Crippen LogP contribution is 2.18. The van der Waals surface area contributed by atoms with E-state index in [0.29, 0.717) is 18.8 Å². The van der Waals surface area contributed by atoms with Gasteiger partial charge in [0, 0.05) is 34.2 Å². The molecule has 2 rings (SSSR count). The van der Waals surface area contributed by atoms with Crippen molar-refractivity contribution in [3.05, 3.63) is 23.7 Å². The van der Waals surface area contributed by atoms with E-state index in [-0.39, 0.29) is 36.1 Å². The molecule has 0 saturated carbocycles. The minimum absolute atomic E-state index is 0.0752. The lowest BCUT2D eigenvalue weighted by Gasteiger charge is -2.33. The maximum absolute atomic E-state index is 12.3. The molecule has 1 fully saturated rings. The SMILES string of the molecule is CNC(=O)c1ccc(CNC(=O)[C@@H]2CCCN(C(=O)N(C)C)C2)o1. The molecule has 24 heavy (non-hydrogen) atoms. The van der Waals surface area contributed by atoms with Crippen molar-refractivity contribution in [3.63, 3.8) is 0 Å². The lowest BCUT2D eigenvalue weighted by molar-refractivity contribution is -0.126. The summed E-state index contributed by atoms with van der Waals surface area (Å²) in [5.74, 6) is 0.0824. The minimum atomic E-state index is -0.308. The zero-order chi connectivity index (χ0) is 17.7. The second kappa shape index (κ2) is 7.85. The van der Waals surface area contributed by atoms with Gasteiger partial charge < -0.3 is 24.9 Å². The summed E-state index contributed by atoms with van der Waals surface area (Å²) in [6.07, 6.45) is 1.56. The molecule has 2 heterocycles. The van der Waals surface area contributed by atoms with Gasteiger partial charge in [-0.05, 0) is 25.0 Å². The van der Waals surface area contributed by atoms with Gasteiger partial charge in [0.15, 0.2) is 5.76 Å². The third kappa shape index (κ3) is 4.27. The molecule has 132 valence electrons. The van der Waals surface area contributed by atoms with E-state index in [4.69, 9.17) is 4.42 Å². The number of furan rings is 1. The van der Waals surface area contributed by atoms with Gasteiger partial charge in [-0.25, -0.2) is 4.79 Å². The van der Waals surface area contributed by atoms with Gasteiger partial charge in [0.2, 0.25) is 5.91 Å². The summed E-state index contributed by atoms with van der Waals surface area (Å²) >= 11 is 0. The van der Waals surface area contributed by atoms with Crippen molar-refractivity contribution >= 4 is 17.8 Å². The van der Waals surface area contributed by atoms with Crippen LogP contribution >= 0.6 is 0 Å². The van der Waals surface area contributed by atoms with Crippen molar-refractivity contribution in [1.29, 1.82) is 0 Å². The first kappa shape index (κ1) is 17.8. The van der Waals surface area contributed by atoms with E-state index in [1.807, 2.05) is 0 Å².